The van der Waals surface area contributed by atoms with Crippen LogP contribution in [0.2, 0.25) is 0 Å². The number of cyclic esters (lactones) is 1. The van der Waals surface area contributed by atoms with Crippen molar-refractivity contribution >= 4 is 22.7 Å². The minimum absolute atomic E-state index is 0.271. The number of carbonyl (C=O) groups excluding carboxylic acids is 1. The summed E-state index contributed by atoms with van der Waals surface area (Å²) in [4.78, 5) is 25.3. The Morgan fingerprint density at radius 2 is 1.96 bits per heavy atom. The number of nitrogens with one attached hydrogen (secondary N) is 1. The van der Waals surface area contributed by atoms with Crippen LogP contribution in [-0.4, -0.2) is 24.1 Å². The number of hydrogen-bond donors (Lipinski definition) is 1. The number of fused-ring (bicyclic) bond motifs is 1. The summed E-state index contributed by atoms with van der Waals surface area (Å²) in [5, 5.41) is 4.30. The van der Waals surface area contributed by atoms with E-state index in [1.807, 2.05) is 36.4 Å². The average Bonchev–Trinajstić information content (AvgIpc) is 3.10. The van der Waals surface area contributed by atoms with Crippen LogP contribution in [0.4, 0.5) is 10.5 Å². The first kappa shape index (κ1) is 18.1. The van der Waals surface area contributed by atoms with Gasteiger partial charge < -0.3 is 19.4 Å². The molecule has 2 heterocycles. The van der Waals surface area contributed by atoms with Gasteiger partial charge in [0.15, 0.2) is 0 Å². The molecule has 4 rings (SSSR count). The Labute approximate surface area is 162 Å². The molecule has 6 nitrogen and oxygen atoms in total. The Kier molecular flexibility index (Phi) is 5.02. The molecule has 0 spiro atoms. The van der Waals surface area contributed by atoms with Gasteiger partial charge in [-0.3, -0.25) is 0 Å². The van der Waals surface area contributed by atoms with E-state index < -0.39 is 0 Å². The fourth-order valence-electron chi connectivity index (χ4n) is 3.41. The Morgan fingerprint density at radius 1 is 1.07 bits per heavy atom. The smallest absolute Gasteiger partial charge is 0.410 e. The summed E-state index contributed by atoms with van der Waals surface area (Å²) >= 11 is 0. The van der Waals surface area contributed by atoms with Gasteiger partial charge in [0.05, 0.1) is 6.54 Å². The Balaban J connectivity index is 1.52. The van der Waals surface area contributed by atoms with Crippen LogP contribution < -0.4 is 10.9 Å². The highest BCUT2D eigenvalue weighted by Crippen LogP contribution is 2.21. The molecule has 1 amide bonds. The van der Waals surface area contributed by atoms with Crippen molar-refractivity contribution in [3.63, 3.8) is 0 Å². The van der Waals surface area contributed by atoms with Crippen molar-refractivity contribution in [3.8, 4) is 0 Å². The molecule has 1 aromatic heterocycles. The van der Waals surface area contributed by atoms with Crippen molar-refractivity contribution < 1.29 is 13.9 Å². The third-order valence-corrected chi connectivity index (χ3v) is 4.93. The summed E-state index contributed by atoms with van der Waals surface area (Å²) < 4.78 is 10.3. The van der Waals surface area contributed by atoms with Gasteiger partial charge >= 0.3 is 11.7 Å². The van der Waals surface area contributed by atoms with Crippen LogP contribution in [0.25, 0.3) is 11.0 Å². The van der Waals surface area contributed by atoms with Crippen LogP contribution in [0, 0.1) is 0 Å². The number of ether oxygens (including phenoxy) is 1. The number of benzene rings is 2. The van der Waals surface area contributed by atoms with Crippen molar-refractivity contribution in [2.24, 2.45) is 0 Å². The summed E-state index contributed by atoms with van der Waals surface area (Å²) in [6.07, 6.45) is 0.617. The first-order valence-corrected chi connectivity index (χ1v) is 9.42. The predicted octanol–water partition coefficient (Wildman–Crippen LogP) is 3.92. The van der Waals surface area contributed by atoms with Crippen molar-refractivity contribution in [1.82, 2.24) is 4.90 Å². The number of nitrogens with zero attached hydrogens (tertiary/aromatic N) is 1. The molecule has 6 heteroatoms. The lowest BCUT2D eigenvalue weighted by Crippen LogP contribution is -2.23. The maximum atomic E-state index is 11.9. The molecule has 0 unspecified atom stereocenters. The molecule has 3 aromatic rings. The Bertz CT molecular complexity index is 1070. The van der Waals surface area contributed by atoms with Crippen molar-refractivity contribution in [2.45, 2.75) is 26.4 Å². The highest BCUT2D eigenvalue weighted by atomic mass is 16.6. The monoisotopic (exact) mass is 378 g/mol. The van der Waals surface area contributed by atoms with Gasteiger partial charge in [-0.2, -0.15) is 0 Å². The van der Waals surface area contributed by atoms with Gasteiger partial charge in [-0.1, -0.05) is 31.2 Å². The molecule has 0 atom stereocenters. The highest BCUT2D eigenvalue weighted by molar-refractivity contribution is 5.81. The summed E-state index contributed by atoms with van der Waals surface area (Å²) in [5.41, 5.74) is 4.24. The molecule has 1 fully saturated rings. The molecule has 0 radical (unpaired) electrons. The topological polar surface area (TPSA) is 71.8 Å². The maximum Gasteiger partial charge on any atom is 0.410 e. The van der Waals surface area contributed by atoms with Gasteiger partial charge in [-0.05, 0) is 41.3 Å². The van der Waals surface area contributed by atoms with Crippen LogP contribution >= 0.6 is 0 Å². The summed E-state index contributed by atoms with van der Waals surface area (Å²) in [6, 6.07) is 15.4. The summed E-state index contributed by atoms with van der Waals surface area (Å²) in [7, 11) is 0. The molecule has 1 saturated heterocycles. The minimum atomic E-state index is -0.348. The second-order valence-corrected chi connectivity index (χ2v) is 6.86. The maximum absolute atomic E-state index is 11.9. The Morgan fingerprint density at radius 3 is 2.75 bits per heavy atom. The predicted molar refractivity (Wildman–Crippen MR) is 107 cm³/mol. The fourth-order valence-corrected chi connectivity index (χ4v) is 3.41. The molecule has 144 valence electrons. The van der Waals surface area contributed by atoms with E-state index in [1.165, 1.54) is 6.07 Å². The Hall–Kier alpha value is -3.28. The first-order chi connectivity index (χ1) is 13.6. The molecule has 1 aliphatic heterocycles. The van der Waals surface area contributed by atoms with Crippen LogP contribution in [0.1, 0.15) is 23.6 Å². The van der Waals surface area contributed by atoms with Crippen LogP contribution in [0.3, 0.4) is 0 Å². The zero-order valence-electron chi connectivity index (χ0n) is 15.7. The third-order valence-electron chi connectivity index (χ3n) is 4.93. The van der Waals surface area contributed by atoms with E-state index in [0.29, 0.717) is 31.8 Å². The van der Waals surface area contributed by atoms with E-state index in [2.05, 4.69) is 18.3 Å². The number of anilines is 1. The number of hydrogen-bond acceptors (Lipinski definition) is 5. The zero-order valence-corrected chi connectivity index (χ0v) is 15.7. The summed E-state index contributed by atoms with van der Waals surface area (Å²) in [5.74, 6) is 0. The van der Waals surface area contributed by atoms with Gasteiger partial charge in [0.1, 0.15) is 12.2 Å². The lowest BCUT2D eigenvalue weighted by molar-refractivity contribution is 0.157. The van der Waals surface area contributed by atoms with E-state index in [9.17, 15) is 9.59 Å². The van der Waals surface area contributed by atoms with Crippen LogP contribution in [0.5, 0.6) is 0 Å². The number of aryl methyl sites for hydroxylation is 1. The first-order valence-electron chi connectivity index (χ1n) is 9.42. The zero-order chi connectivity index (χ0) is 19.5. The van der Waals surface area contributed by atoms with Crippen LogP contribution in [0.15, 0.2) is 57.7 Å². The largest absolute Gasteiger partial charge is 0.448 e. The molecule has 2 aromatic carbocycles. The van der Waals surface area contributed by atoms with Gasteiger partial charge in [0.25, 0.3) is 0 Å². The average molecular weight is 378 g/mol. The second-order valence-electron chi connectivity index (χ2n) is 6.86. The molecule has 1 N–H and O–H groups in total. The number of amides is 1. The van der Waals surface area contributed by atoms with Gasteiger partial charge in [0.2, 0.25) is 0 Å². The van der Waals surface area contributed by atoms with E-state index in [4.69, 9.17) is 9.15 Å². The van der Waals surface area contributed by atoms with E-state index in [0.717, 1.165) is 34.2 Å². The summed E-state index contributed by atoms with van der Waals surface area (Å²) in [6.45, 7) is 4.15. The molecule has 0 aliphatic carbocycles. The fraction of sp³-hybridized carbons (Fsp3) is 0.273. The van der Waals surface area contributed by atoms with E-state index in [-0.39, 0.29) is 11.7 Å². The number of rotatable bonds is 6. The lowest BCUT2D eigenvalue weighted by Gasteiger charge is -2.14. The van der Waals surface area contributed by atoms with Gasteiger partial charge in [-0.15, -0.1) is 0 Å². The SMILES string of the molecule is CCc1ccc2c(CNc3cccc(CN4CCOC4=O)c3)cc(=O)oc2c1. The van der Waals surface area contributed by atoms with Crippen LogP contribution in [-0.2, 0) is 24.2 Å². The van der Waals surface area contributed by atoms with Crippen molar-refractivity contribution in [1.29, 1.82) is 0 Å². The van der Waals surface area contributed by atoms with Crippen molar-refractivity contribution in [2.75, 3.05) is 18.5 Å². The second kappa shape index (κ2) is 7.76. The minimum Gasteiger partial charge on any atom is -0.448 e. The van der Waals surface area contributed by atoms with Gasteiger partial charge in [0, 0.05) is 30.2 Å². The quantitative estimate of drug-likeness (QED) is 0.658. The molecule has 0 bridgehead atoms. The standard InChI is InChI=1S/C22H22N2O4/c1-2-15-6-7-19-17(12-21(25)28-20(19)11-15)13-23-18-5-3-4-16(10-18)14-24-8-9-27-22(24)26/h3-7,10-12,23H,2,8-9,13-14H2,1H3. The molecule has 1 aliphatic rings. The molecule has 0 saturated carbocycles. The van der Waals surface area contributed by atoms with Crippen molar-refractivity contribution in [3.05, 3.63) is 75.6 Å². The molecular weight excluding hydrogens is 356 g/mol. The van der Waals surface area contributed by atoms with Gasteiger partial charge in [-0.25, -0.2) is 9.59 Å². The van der Waals surface area contributed by atoms with E-state index >= 15 is 0 Å². The van der Waals surface area contributed by atoms with E-state index in [1.54, 1.807) is 4.90 Å². The lowest BCUT2D eigenvalue weighted by atomic mass is 10.1. The normalized spacial score (nSPS) is 13.8. The third kappa shape index (κ3) is 3.86. The molecule has 28 heavy (non-hydrogen) atoms. The molecular formula is C22H22N2O4. The highest BCUT2D eigenvalue weighted by Gasteiger charge is 2.21. The number of carbonyl (C=O) groups is 1.